The first kappa shape index (κ1) is 18.7. The molecule has 29 heavy (non-hydrogen) atoms. The maximum Gasteiger partial charge on any atom is 0.318 e. The van der Waals surface area contributed by atoms with E-state index in [1.807, 2.05) is 68.4 Å². The number of furan rings is 1. The van der Waals surface area contributed by atoms with Crippen LogP contribution < -0.4 is 5.32 Å². The largest absolute Gasteiger partial charge is 0.459 e. The number of hydrogen-bond donors (Lipinski definition) is 1. The summed E-state index contributed by atoms with van der Waals surface area (Å²) in [7, 11) is 1.79. The predicted octanol–water partition coefficient (Wildman–Crippen LogP) is 4.48. The van der Waals surface area contributed by atoms with Gasteiger partial charge in [-0.2, -0.15) is 5.10 Å². The van der Waals surface area contributed by atoms with Gasteiger partial charge in [-0.3, -0.25) is 0 Å². The zero-order chi connectivity index (χ0) is 20.4. The highest BCUT2D eigenvalue weighted by atomic mass is 16.3. The van der Waals surface area contributed by atoms with Crippen LogP contribution in [0.1, 0.15) is 37.3 Å². The number of nitrogens with one attached hydrogen (secondary N) is 1. The summed E-state index contributed by atoms with van der Waals surface area (Å²) in [5.41, 5.74) is 2.77. The average molecular weight is 389 g/mol. The zero-order valence-corrected chi connectivity index (χ0v) is 16.6. The first-order chi connectivity index (χ1) is 14.0. The van der Waals surface area contributed by atoms with Crippen molar-refractivity contribution in [3.8, 4) is 5.69 Å². The normalized spacial score (nSPS) is 13.2. The maximum absolute atomic E-state index is 12.8. The number of rotatable bonds is 5. The fourth-order valence-corrected chi connectivity index (χ4v) is 3.22. The molecule has 4 aromatic rings. The van der Waals surface area contributed by atoms with Gasteiger partial charge in [0.05, 0.1) is 17.8 Å². The fourth-order valence-electron chi connectivity index (χ4n) is 3.22. The first-order valence-electron chi connectivity index (χ1n) is 9.49. The average Bonchev–Trinajstić information content (AvgIpc) is 3.42. The molecule has 0 spiro atoms. The Morgan fingerprint density at radius 2 is 1.90 bits per heavy atom. The number of aromatic nitrogens is 3. The SMILES string of the molecule is CC(NC(=O)N(C)C(C)c1ccc(-n2cncn2)cc1)c1cc2ccccc2o1. The maximum atomic E-state index is 12.8. The highest BCUT2D eigenvalue weighted by Crippen LogP contribution is 2.25. The lowest BCUT2D eigenvalue weighted by atomic mass is 10.1. The van der Waals surface area contributed by atoms with Gasteiger partial charge < -0.3 is 14.6 Å². The van der Waals surface area contributed by atoms with E-state index < -0.39 is 0 Å². The van der Waals surface area contributed by atoms with E-state index in [0.29, 0.717) is 0 Å². The van der Waals surface area contributed by atoms with Crippen LogP contribution in [-0.2, 0) is 0 Å². The van der Waals surface area contributed by atoms with Gasteiger partial charge in [0, 0.05) is 12.4 Å². The lowest BCUT2D eigenvalue weighted by molar-refractivity contribution is 0.190. The molecule has 0 fully saturated rings. The number of para-hydroxylation sites is 1. The third kappa shape index (κ3) is 3.85. The summed E-state index contributed by atoms with van der Waals surface area (Å²) in [4.78, 5) is 18.4. The molecule has 0 radical (unpaired) electrons. The summed E-state index contributed by atoms with van der Waals surface area (Å²) in [6.07, 6.45) is 3.15. The fraction of sp³-hybridized carbons (Fsp3) is 0.227. The smallest absolute Gasteiger partial charge is 0.318 e. The molecule has 2 atom stereocenters. The van der Waals surface area contributed by atoms with E-state index >= 15 is 0 Å². The third-order valence-electron chi connectivity index (χ3n) is 5.17. The number of carbonyl (C=O) groups is 1. The molecule has 2 unspecified atom stereocenters. The Morgan fingerprint density at radius 1 is 1.14 bits per heavy atom. The third-order valence-corrected chi connectivity index (χ3v) is 5.17. The Balaban J connectivity index is 1.42. The van der Waals surface area contributed by atoms with Crippen LogP contribution >= 0.6 is 0 Å². The number of urea groups is 1. The van der Waals surface area contributed by atoms with Crippen LogP contribution in [0.5, 0.6) is 0 Å². The minimum Gasteiger partial charge on any atom is -0.459 e. The Labute approximate surface area is 169 Å². The second-order valence-electron chi connectivity index (χ2n) is 7.08. The van der Waals surface area contributed by atoms with Crippen molar-refractivity contribution < 1.29 is 9.21 Å². The molecule has 7 heteroatoms. The molecule has 0 saturated heterocycles. The molecule has 2 aromatic heterocycles. The van der Waals surface area contributed by atoms with Gasteiger partial charge >= 0.3 is 6.03 Å². The summed E-state index contributed by atoms with van der Waals surface area (Å²) < 4.78 is 7.55. The number of hydrogen-bond acceptors (Lipinski definition) is 4. The van der Waals surface area contributed by atoms with Gasteiger partial charge in [-0.25, -0.2) is 14.5 Å². The van der Waals surface area contributed by atoms with Crippen molar-refractivity contribution in [3.05, 3.63) is 78.6 Å². The van der Waals surface area contributed by atoms with Crippen molar-refractivity contribution in [2.45, 2.75) is 25.9 Å². The van der Waals surface area contributed by atoms with Crippen LogP contribution in [0.2, 0.25) is 0 Å². The van der Waals surface area contributed by atoms with Gasteiger partial charge in [0.25, 0.3) is 0 Å². The van der Waals surface area contributed by atoms with Crippen LogP contribution in [0, 0.1) is 0 Å². The molecule has 0 aliphatic heterocycles. The summed E-state index contributed by atoms with van der Waals surface area (Å²) in [5, 5.41) is 8.16. The number of amides is 2. The Bertz CT molecular complexity index is 1070. The van der Waals surface area contributed by atoms with E-state index in [4.69, 9.17) is 4.42 Å². The molecule has 2 aromatic carbocycles. The number of fused-ring (bicyclic) bond motifs is 1. The molecule has 0 saturated carbocycles. The topological polar surface area (TPSA) is 76.2 Å². The number of benzene rings is 2. The lowest BCUT2D eigenvalue weighted by Crippen LogP contribution is -2.39. The standard InChI is InChI=1S/C22H23N5O2/c1-15(21-12-18-6-4-5-7-20(18)29-21)25-22(28)26(3)16(2)17-8-10-19(11-9-17)27-14-23-13-24-27/h4-16H,1-3H3,(H,25,28). The van der Waals surface area contributed by atoms with E-state index in [2.05, 4.69) is 15.4 Å². The summed E-state index contributed by atoms with van der Waals surface area (Å²) >= 11 is 0. The summed E-state index contributed by atoms with van der Waals surface area (Å²) in [5.74, 6) is 0.734. The Kier molecular flexibility index (Phi) is 5.03. The molecule has 4 rings (SSSR count). The van der Waals surface area contributed by atoms with E-state index in [0.717, 1.165) is 28.0 Å². The van der Waals surface area contributed by atoms with Gasteiger partial charge in [-0.1, -0.05) is 30.3 Å². The van der Waals surface area contributed by atoms with E-state index in [1.54, 1.807) is 23.0 Å². The Hall–Kier alpha value is -3.61. The number of carbonyl (C=O) groups excluding carboxylic acids is 1. The van der Waals surface area contributed by atoms with Crippen molar-refractivity contribution in [1.29, 1.82) is 0 Å². The van der Waals surface area contributed by atoms with Crippen LogP contribution in [0.4, 0.5) is 4.79 Å². The number of nitrogens with zero attached hydrogens (tertiary/aromatic N) is 4. The molecular weight excluding hydrogens is 366 g/mol. The van der Waals surface area contributed by atoms with Crippen molar-refractivity contribution in [2.75, 3.05) is 7.05 Å². The highest BCUT2D eigenvalue weighted by molar-refractivity contribution is 5.78. The molecule has 7 nitrogen and oxygen atoms in total. The van der Waals surface area contributed by atoms with E-state index in [-0.39, 0.29) is 18.1 Å². The van der Waals surface area contributed by atoms with Gasteiger partial charge in [0.2, 0.25) is 0 Å². The van der Waals surface area contributed by atoms with Crippen LogP contribution in [-0.4, -0.2) is 32.7 Å². The molecule has 0 bridgehead atoms. The van der Waals surface area contributed by atoms with Crippen molar-refractivity contribution in [2.24, 2.45) is 0 Å². The molecular formula is C22H23N5O2. The summed E-state index contributed by atoms with van der Waals surface area (Å²) in [6.45, 7) is 3.91. The van der Waals surface area contributed by atoms with Crippen LogP contribution in [0.15, 0.2) is 71.7 Å². The highest BCUT2D eigenvalue weighted by Gasteiger charge is 2.21. The van der Waals surface area contributed by atoms with Crippen LogP contribution in [0.25, 0.3) is 16.7 Å². The van der Waals surface area contributed by atoms with E-state index in [9.17, 15) is 4.79 Å². The van der Waals surface area contributed by atoms with E-state index in [1.165, 1.54) is 6.33 Å². The van der Waals surface area contributed by atoms with Gasteiger partial charge in [0.15, 0.2) is 0 Å². The minimum absolute atomic E-state index is 0.0948. The monoisotopic (exact) mass is 389 g/mol. The molecule has 2 heterocycles. The zero-order valence-electron chi connectivity index (χ0n) is 16.6. The molecule has 2 amide bonds. The second kappa shape index (κ2) is 7.79. The molecule has 1 N–H and O–H groups in total. The van der Waals surface area contributed by atoms with Gasteiger partial charge in [0.1, 0.15) is 24.0 Å². The molecule has 148 valence electrons. The first-order valence-corrected chi connectivity index (χ1v) is 9.49. The predicted molar refractivity (Wildman–Crippen MR) is 111 cm³/mol. The van der Waals surface area contributed by atoms with Crippen molar-refractivity contribution >= 4 is 17.0 Å². The van der Waals surface area contributed by atoms with Gasteiger partial charge in [-0.05, 0) is 43.7 Å². The quantitative estimate of drug-likeness (QED) is 0.546. The second-order valence-corrected chi connectivity index (χ2v) is 7.08. The Morgan fingerprint density at radius 3 is 2.59 bits per heavy atom. The van der Waals surface area contributed by atoms with Gasteiger partial charge in [-0.15, -0.1) is 0 Å². The lowest BCUT2D eigenvalue weighted by Gasteiger charge is -2.27. The van der Waals surface area contributed by atoms with Crippen molar-refractivity contribution in [1.82, 2.24) is 25.0 Å². The summed E-state index contributed by atoms with van der Waals surface area (Å²) in [6, 6.07) is 17.2. The minimum atomic E-state index is -0.237. The molecule has 0 aliphatic rings. The van der Waals surface area contributed by atoms with Crippen molar-refractivity contribution in [3.63, 3.8) is 0 Å². The van der Waals surface area contributed by atoms with Crippen LogP contribution in [0.3, 0.4) is 0 Å². The molecule has 0 aliphatic carbocycles.